The van der Waals surface area contributed by atoms with Crippen molar-refractivity contribution >= 4 is 40.9 Å². The number of nitrogens with one attached hydrogen (secondary N) is 1. The third kappa shape index (κ3) is 4.89. The van der Waals surface area contributed by atoms with E-state index in [-0.39, 0.29) is 18.0 Å². The van der Waals surface area contributed by atoms with Crippen LogP contribution in [-0.4, -0.2) is 17.1 Å². The highest BCUT2D eigenvalue weighted by molar-refractivity contribution is 8.05. The summed E-state index contributed by atoms with van der Waals surface area (Å²) in [6.45, 7) is 4.08. The molecular formula is C26H22ClN3O3S. The average Bonchev–Trinajstić information content (AvgIpc) is 3.45. The molecule has 1 fully saturated rings. The number of carbonyl (C=O) groups is 2. The molecule has 0 spiro atoms. The van der Waals surface area contributed by atoms with Crippen LogP contribution in [0, 0.1) is 25.2 Å². The number of rotatable bonds is 6. The van der Waals surface area contributed by atoms with Crippen molar-refractivity contribution in [2.75, 3.05) is 4.90 Å². The molecule has 4 rings (SSSR count). The van der Waals surface area contributed by atoms with Crippen LogP contribution < -0.4 is 10.2 Å². The molecule has 1 aliphatic heterocycles. The van der Waals surface area contributed by atoms with E-state index in [0.29, 0.717) is 27.9 Å². The van der Waals surface area contributed by atoms with Gasteiger partial charge in [-0.15, -0.1) is 0 Å². The van der Waals surface area contributed by atoms with Crippen molar-refractivity contribution in [1.29, 1.82) is 5.26 Å². The van der Waals surface area contributed by atoms with Gasteiger partial charge in [-0.2, -0.15) is 5.26 Å². The molecule has 1 unspecified atom stereocenters. The Labute approximate surface area is 207 Å². The number of nitrogens with zero attached hydrogens (tertiary/aromatic N) is 2. The zero-order chi connectivity index (χ0) is 24.2. The first kappa shape index (κ1) is 23.7. The second-order valence-electron chi connectivity index (χ2n) is 7.90. The van der Waals surface area contributed by atoms with Crippen LogP contribution >= 0.6 is 23.4 Å². The molecule has 2 aromatic carbocycles. The number of hydrogen-bond donors (Lipinski definition) is 1. The van der Waals surface area contributed by atoms with Gasteiger partial charge in [0.1, 0.15) is 22.4 Å². The zero-order valence-corrected chi connectivity index (χ0v) is 20.2. The van der Waals surface area contributed by atoms with E-state index < -0.39 is 11.2 Å². The number of aryl methyl sites for hydroxylation is 2. The maximum atomic E-state index is 13.6. The molecule has 3 aromatic rings. The summed E-state index contributed by atoms with van der Waals surface area (Å²) in [6.07, 6.45) is 1.89. The van der Waals surface area contributed by atoms with Gasteiger partial charge in [0, 0.05) is 10.7 Å². The molecular weight excluding hydrogens is 470 g/mol. The average molecular weight is 492 g/mol. The molecule has 0 saturated carbocycles. The lowest BCUT2D eigenvalue weighted by atomic mass is 10.1. The zero-order valence-electron chi connectivity index (χ0n) is 18.7. The summed E-state index contributed by atoms with van der Waals surface area (Å²) in [5.74, 6) is -0.204. The van der Waals surface area contributed by atoms with E-state index >= 15 is 0 Å². The first-order valence-electron chi connectivity index (χ1n) is 10.6. The van der Waals surface area contributed by atoms with Crippen LogP contribution in [0.3, 0.4) is 0 Å². The normalized spacial score (nSPS) is 16.9. The van der Waals surface area contributed by atoms with E-state index in [1.807, 2.05) is 56.3 Å². The van der Waals surface area contributed by atoms with E-state index in [4.69, 9.17) is 16.0 Å². The Morgan fingerprint density at radius 1 is 1.18 bits per heavy atom. The number of furan rings is 1. The van der Waals surface area contributed by atoms with Gasteiger partial charge in [-0.25, -0.2) is 0 Å². The first-order chi connectivity index (χ1) is 16.4. The molecule has 1 N–H and O–H groups in total. The molecule has 172 valence electrons. The number of carbonyl (C=O) groups excluding carboxylic acids is 2. The third-order valence-corrected chi connectivity index (χ3v) is 7.25. The standard InChI is InChI=1S/C26H22ClN3O3S/c1-16-9-10-19(12-17(16)2)30-25(32)23(13-18-6-3-4-8-22(18)27)34-26(30)21(14-28)24(31)29-15-20-7-5-11-33-20/h3-12,23H,13,15H2,1-2H3,(H,29,31)/b26-21-. The Morgan fingerprint density at radius 2 is 1.97 bits per heavy atom. The van der Waals surface area contributed by atoms with Gasteiger partial charge < -0.3 is 9.73 Å². The number of thioether (sulfide) groups is 1. The summed E-state index contributed by atoms with van der Waals surface area (Å²) >= 11 is 7.55. The molecule has 1 aliphatic rings. The molecule has 0 radical (unpaired) electrons. The molecule has 1 saturated heterocycles. The summed E-state index contributed by atoms with van der Waals surface area (Å²) in [6, 6.07) is 18.5. The maximum absolute atomic E-state index is 13.6. The molecule has 0 bridgehead atoms. The quantitative estimate of drug-likeness (QED) is 0.374. The highest BCUT2D eigenvalue weighted by atomic mass is 35.5. The van der Waals surface area contributed by atoms with Crippen molar-refractivity contribution in [2.24, 2.45) is 0 Å². The van der Waals surface area contributed by atoms with Crippen LogP contribution in [0.4, 0.5) is 5.69 Å². The molecule has 8 heteroatoms. The van der Waals surface area contributed by atoms with Crippen molar-refractivity contribution < 1.29 is 14.0 Å². The van der Waals surface area contributed by atoms with E-state index in [1.54, 1.807) is 18.2 Å². The number of halogens is 1. The van der Waals surface area contributed by atoms with Gasteiger partial charge in [0.25, 0.3) is 5.91 Å². The maximum Gasteiger partial charge on any atom is 0.265 e. The monoisotopic (exact) mass is 491 g/mol. The van der Waals surface area contributed by atoms with Crippen LogP contribution in [0.1, 0.15) is 22.5 Å². The Hall–Kier alpha value is -3.47. The summed E-state index contributed by atoms with van der Waals surface area (Å²) in [5.41, 5.74) is 3.41. The van der Waals surface area contributed by atoms with Crippen LogP contribution in [0.25, 0.3) is 0 Å². The summed E-state index contributed by atoms with van der Waals surface area (Å²) in [5, 5.41) is 13.0. The molecule has 2 heterocycles. The van der Waals surface area contributed by atoms with Crippen molar-refractivity contribution in [1.82, 2.24) is 5.32 Å². The van der Waals surface area contributed by atoms with Crippen molar-refractivity contribution in [3.63, 3.8) is 0 Å². The Morgan fingerprint density at radius 3 is 2.65 bits per heavy atom. The molecule has 1 atom stereocenters. The van der Waals surface area contributed by atoms with Crippen molar-refractivity contribution in [3.8, 4) is 6.07 Å². The molecule has 34 heavy (non-hydrogen) atoms. The number of amides is 2. The minimum absolute atomic E-state index is 0.121. The lowest BCUT2D eigenvalue weighted by molar-refractivity contribution is -0.117. The fraction of sp³-hybridized carbons (Fsp3) is 0.192. The third-order valence-electron chi connectivity index (χ3n) is 5.62. The van der Waals surface area contributed by atoms with Gasteiger partial charge in [-0.3, -0.25) is 14.5 Å². The van der Waals surface area contributed by atoms with Gasteiger partial charge >= 0.3 is 0 Å². The largest absolute Gasteiger partial charge is 0.467 e. The number of benzene rings is 2. The van der Waals surface area contributed by atoms with Crippen molar-refractivity contribution in [3.05, 3.63) is 98.9 Å². The predicted molar refractivity (Wildman–Crippen MR) is 133 cm³/mol. The minimum Gasteiger partial charge on any atom is -0.467 e. The van der Waals surface area contributed by atoms with Crippen LogP contribution in [0.15, 0.2) is 75.9 Å². The van der Waals surface area contributed by atoms with Crippen LogP contribution in [0.5, 0.6) is 0 Å². The summed E-state index contributed by atoms with van der Waals surface area (Å²) in [4.78, 5) is 28.0. The first-order valence-corrected chi connectivity index (χ1v) is 11.9. The lowest BCUT2D eigenvalue weighted by Crippen LogP contribution is -2.32. The fourth-order valence-corrected chi connectivity index (χ4v) is 5.13. The minimum atomic E-state index is -0.568. The molecule has 0 aliphatic carbocycles. The summed E-state index contributed by atoms with van der Waals surface area (Å²) in [7, 11) is 0. The number of nitriles is 1. The van der Waals surface area contributed by atoms with Crippen LogP contribution in [0.2, 0.25) is 5.02 Å². The Bertz CT molecular complexity index is 1310. The van der Waals surface area contributed by atoms with E-state index in [1.165, 1.54) is 22.9 Å². The van der Waals surface area contributed by atoms with E-state index in [9.17, 15) is 14.9 Å². The fourth-order valence-electron chi connectivity index (χ4n) is 3.62. The second-order valence-corrected chi connectivity index (χ2v) is 9.50. The highest BCUT2D eigenvalue weighted by Crippen LogP contribution is 2.42. The van der Waals surface area contributed by atoms with Crippen LogP contribution in [-0.2, 0) is 22.6 Å². The van der Waals surface area contributed by atoms with Gasteiger partial charge in [0.05, 0.1) is 18.1 Å². The van der Waals surface area contributed by atoms with Gasteiger partial charge in [-0.05, 0) is 67.3 Å². The predicted octanol–water partition coefficient (Wildman–Crippen LogP) is 5.29. The summed E-state index contributed by atoms with van der Waals surface area (Å²) < 4.78 is 5.25. The van der Waals surface area contributed by atoms with E-state index in [2.05, 4.69) is 5.32 Å². The molecule has 2 amide bonds. The highest BCUT2D eigenvalue weighted by Gasteiger charge is 2.41. The molecule has 1 aromatic heterocycles. The topological polar surface area (TPSA) is 86.3 Å². The van der Waals surface area contributed by atoms with Gasteiger partial charge in [0.2, 0.25) is 5.91 Å². The van der Waals surface area contributed by atoms with E-state index in [0.717, 1.165) is 16.7 Å². The Balaban J connectivity index is 1.72. The SMILES string of the molecule is Cc1ccc(N2C(=O)C(Cc3ccccc3Cl)S/C2=C(/C#N)C(=O)NCc2ccco2)cc1C. The number of anilines is 1. The van der Waals surface area contributed by atoms with Gasteiger partial charge in [-0.1, -0.05) is 47.6 Å². The molecule has 6 nitrogen and oxygen atoms in total. The van der Waals surface area contributed by atoms with Gasteiger partial charge in [0.15, 0.2) is 0 Å². The lowest BCUT2D eigenvalue weighted by Gasteiger charge is -2.20. The Kier molecular flexibility index (Phi) is 7.11. The smallest absolute Gasteiger partial charge is 0.265 e. The second kappa shape index (κ2) is 10.2. The van der Waals surface area contributed by atoms with Crippen molar-refractivity contribution in [2.45, 2.75) is 32.1 Å². The number of hydrogen-bond acceptors (Lipinski definition) is 5.